The van der Waals surface area contributed by atoms with Crippen molar-refractivity contribution in [3.8, 4) is 5.75 Å². The lowest BCUT2D eigenvalue weighted by atomic mass is 10.2. The standard InChI is InChI=1S/C15H13N5O3/c1-23-14-7-6-10(8-13(14)20(21)22)9-16-19-15-17-11-4-2-3-5-12(11)18-15/h2-9H,1H3,(H2,17,18,19)/b16-9+. The third kappa shape index (κ3) is 3.10. The van der Waals surface area contributed by atoms with E-state index in [9.17, 15) is 10.1 Å². The summed E-state index contributed by atoms with van der Waals surface area (Å²) in [6.45, 7) is 0. The van der Waals surface area contributed by atoms with Gasteiger partial charge in [-0.05, 0) is 24.3 Å². The lowest BCUT2D eigenvalue weighted by Crippen LogP contribution is -1.96. The Morgan fingerprint density at radius 2 is 2.17 bits per heavy atom. The molecule has 0 saturated heterocycles. The molecule has 2 N–H and O–H groups in total. The van der Waals surface area contributed by atoms with Crippen molar-refractivity contribution in [3.63, 3.8) is 0 Å². The number of fused-ring (bicyclic) bond motifs is 1. The van der Waals surface area contributed by atoms with Crippen LogP contribution in [0.15, 0.2) is 47.6 Å². The van der Waals surface area contributed by atoms with Gasteiger partial charge >= 0.3 is 5.69 Å². The van der Waals surface area contributed by atoms with Crippen molar-refractivity contribution in [2.75, 3.05) is 12.5 Å². The molecule has 3 aromatic rings. The number of imidazole rings is 1. The van der Waals surface area contributed by atoms with Crippen LogP contribution in [0.4, 0.5) is 11.6 Å². The largest absolute Gasteiger partial charge is 0.490 e. The highest BCUT2D eigenvalue weighted by molar-refractivity contribution is 5.82. The molecule has 0 unspecified atom stereocenters. The van der Waals surface area contributed by atoms with E-state index >= 15 is 0 Å². The number of anilines is 1. The molecule has 8 nitrogen and oxygen atoms in total. The summed E-state index contributed by atoms with van der Waals surface area (Å²) in [5.74, 6) is 0.697. The Bertz CT molecular complexity index is 855. The number of H-pyrrole nitrogens is 1. The van der Waals surface area contributed by atoms with Gasteiger partial charge in [0.15, 0.2) is 5.75 Å². The van der Waals surface area contributed by atoms with Crippen molar-refractivity contribution in [2.24, 2.45) is 5.10 Å². The highest BCUT2D eigenvalue weighted by Gasteiger charge is 2.14. The summed E-state index contributed by atoms with van der Waals surface area (Å²) in [7, 11) is 1.39. The number of nitro benzene ring substituents is 1. The average Bonchev–Trinajstić information content (AvgIpc) is 2.97. The normalized spacial score (nSPS) is 11.0. The van der Waals surface area contributed by atoms with Crippen molar-refractivity contribution in [1.29, 1.82) is 0 Å². The maximum absolute atomic E-state index is 11.0. The Labute approximate surface area is 131 Å². The molecule has 0 saturated carbocycles. The number of ether oxygens (including phenoxy) is 1. The fraction of sp³-hybridized carbons (Fsp3) is 0.0667. The molecule has 1 aromatic heterocycles. The van der Waals surface area contributed by atoms with Crippen molar-refractivity contribution >= 4 is 28.9 Å². The Morgan fingerprint density at radius 3 is 2.91 bits per heavy atom. The number of hydrogen-bond acceptors (Lipinski definition) is 6. The van der Waals surface area contributed by atoms with E-state index in [4.69, 9.17) is 4.74 Å². The Balaban J connectivity index is 1.77. The van der Waals surface area contributed by atoms with Gasteiger partial charge in [0, 0.05) is 11.6 Å². The Morgan fingerprint density at radius 1 is 1.35 bits per heavy atom. The molecule has 0 amide bonds. The molecule has 116 valence electrons. The molecule has 3 rings (SSSR count). The maximum Gasteiger partial charge on any atom is 0.311 e. The van der Waals surface area contributed by atoms with Crippen molar-refractivity contribution in [3.05, 3.63) is 58.1 Å². The minimum atomic E-state index is -0.497. The van der Waals surface area contributed by atoms with E-state index in [1.165, 1.54) is 25.5 Å². The number of para-hydroxylation sites is 2. The van der Waals surface area contributed by atoms with Crippen LogP contribution in [0, 0.1) is 10.1 Å². The number of hydrazone groups is 1. The molecule has 0 fully saturated rings. The number of nitro groups is 1. The van der Waals surface area contributed by atoms with Gasteiger partial charge in [0.2, 0.25) is 5.95 Å². The average molecular weight is 311 g/mol. The predicted molar refractivity (Wildman–Crippen MR) is 87.0 cm³/mol. The zero-order valence-electron chi connectivity index (χ0n) is 12.2. The Kier molecular flexibility index (Phi) is 3.88. The number of methoxy groups -OCH3 is 1. The molecule has 0 atom stereocenters. The number of nitrogens with one attached hydrogen (secondary N) is 2. The second-order valence-electron chi connectivity index (χ2n) is 4.66. The number of aromatic amines is 1. The van der Waals surface area contributed by atoms with E-state index < -0.39 is 4.92 Å². The molecule has 0 bridgehead atoms. The first-order chi connectivity index (χ1) is 11.2. The van der Waals surface area contributed by atoms with Crippen molar-refractivity contribution in [1.82, 2.24) is 9.97 Å². The first-order valence-electron chi connectivity index (χ1n) is 6.73. The van der Waals surface area contributed by atoms with Gasteiger partial charge in [-0.3, -0.25) is 10.1 Å². The topological polar surface area (TPSA) is 105 Å². The summed E-state index contributed by atoms with van der Waals surface area (Å²) < 4.78 is 4.95. The summed E-state index contributed by atoms with van der Waals surface area (Å²) in [5.41, 5.74) is 4.94. The first kappa shape index (κ1) is 14.5. The molecule has 0 aliphatic heterocycles. The number of nitrogens with zero attached hydrogens (tertiary/aromatic N) is 3. The van der Waals surface area contributed by atoms with Crippen LogP contribution < -0.4 is 10.2 Å². The van der Waals surface area contributed by atoms with Crippen molar-refractivity contribution < 1.29 is 9.66 Å². The molecule has 0 aliphatic carbocycles. The highest BCUT2D eigenvalue weighted by Crippen LogP contribution is 2.26. The number of aromatic nitrogens is 2. The predicted octanol–water partition coefficient (Wildman–Crippen LogP) is 2.93. The monoisotopic (exact) mass is 311 g/mol. The number of benzene rings is 2. The van der Waals surface area contributed by atoms with E-state index in [2.05, 4.69) is 20.5 Å². The number of hydrogen-bond donors (Lipinski definition) is 2. The van der Waals surface area contributed by atoms with E-state index in [-0.39, 0.29) is 11.4 Å². The van der Waals surface area contributed by atoms with Crippen LogP contribution in [-0.2, 0) is 0 Å². The van der Waals surface area contributed by atoms with Gasteiger partial charge in [-0.15, -0.1) is 0 Å². The van der Waals surface area contributed by atoms with Gasteiger partial charge in [-0.2, -0.15) is 5.10 Å². The fourth-order valence-electron chi connectivity index (χ4n) is 2.10. The molecule has 2 aromatic carbocycles. The molecular weight excluding hydrogens is 298 g/mol. The van der Waals surface area contributed by atoms with Gasteiger partial charge in [0.25, 0.3) is 0 Å². The summed E-state index contributed by atoms with van der Waals surface area (Å²) >= 11 is 0. The minimum absolute atomic E-state index is 0.111. The van der Waals surface area contributed by atoms with E-state index in [0.29, 0.717) is 11.5 Å². The van der Waals surface area contributed by atoms with Crippen LogP contribution in [0.5, 0.6) is 5.75 Å². The van der Waals surface area contributed by atoms with Crippen LogP contribution in [0.25, 0.3) is 11.0 Å². The minimum Gasteiger partial charge on any atom is -0.490 e. The molecule has 0 aliphatic rings. The van der Waals surface area contributed by atoms with Gasteiger partial charge < -0.3 is 9.72 Å². The quantitative estimate of drug-likeness (QED) is 0.428. The summed E-state index contributed by atoms with van der Waals surface area (Å²) in [4.78, 5) is 17.9. The lowest BCUT2D eigenvalue weighted by molar-refractivity contribution is -0.385. The number of rotatable bonds is 5. The second kappa shape index (κ2) is 6.14. The molecule has 23 heavy (non-hydrogen) atoms. The van der Waals surface area contributed by atoms with Crippen LogP contribution in [0.3, 0.4) is 0 Å². The third-order valence-electron chi connectivity index (χ3n) is 3.17. The smallest absolute Gasteiger partial charge is 0.311 e. The van der Waals surface area contributed by atoms with Gasteiger partial charge in [-0.25, -0.2) is 10.4 Å². The summed E-state index contributed by atoms with van der Waals surface area (Å²) in [5, 5.41) is 15.0. The van der Waals surface area contributed by atoms with Crippen LogP contribution in [0.2, 0.25) is 0 Å². The highest BCUT2D eigenvalue weighted by atomic mass is 16.6. The SMILES string of the molecule is COc1ccc(/C=N/Nc2nc3ccccc3[nH]2)cc1[N+](=O)[O-]. The van der Waals surface area contributed by atoms with Gasteiger partial charge in [0.05, 0.1) is 29.3 Å². The lowest BCUT2D eigenvalue weighted by Gasteiger charge is -2.01. The van der Waals surface area contributed by atoms with Crippen LogP contribution in [0.1, 0.15) is 5.56 Å². The Hall–Kier alpha value is -3.42. The van der Waals surface area contributed by atoms with Crippen LogP contribution >= 0.6 is 0 Å². The van der Waals surface area contributed by atoms with Gasteiger partial charge in [-0.1, -0.05) is 12.1 Å². The first-order valence-corrected chi connectivity index (χ1v) is 6.73. The molecule has 8 heteroatoms. The summed E-state index contributed by atoms with van der Waals surface area (Å²) in [6.07, 6.45) is 1.47. The zero-order chi connectivity index (χ0) is 16.2. The molecule has 0 radical (unpaired) electrons. The fourth-order valence-corrected chi connectivity index (χ4v) is 2.10. The zero-order valence-corrected chi connectivity index (χ0v) is 12.2. The second-order valence-corrected chi connectivity index (χ2v) is 4.66. The molecule has 1 heterocycles. The molecular formula is C15H13N5O3. The van der Waals surface area contributed by atoms with E-state index in [1.54, 1.807) is 6.07 Å². The van der Waals surface area contributed by atoms with E-state index in [0.717, 1.165) is 11.0 Å². The van der Waals surface area contributed by atoms with E-state index in [1.807, 2.05) is 24.3 Å². The molecule has 0 spiro atoms. The summed E-state index contributed by atoms with van der Waals surface area (Å²) in [6, 6.07) is 12.2. The maximum atomic E-state index is 11.0. The van der Waals surface area contributed by atoms with Crippen molar-refractivity contribution in [2.45, 2.75) is 0 Å². The third-order valence-corrected chi connectivity index (χ3v) is 3.17. The van der Waals surface area contributed by atoms with Crippen LogP contribution in [-0.4, -0.2) is 28.2 Å². The van der Waals surface area contributed by atoms with Gasteiger partial charge in [0.1, 0.15) is 0 Å².